The summed E-state index contributed by atoms with van der Waals surface area (Å²) in [7, 11) is 0. The summed E-state index contributed by atoms with van der Waals surface area (Å²) in [6, 6.07) is 11.4. The molecule has 0 aromatic heterocycles. The van der Waals surface area contributed by atoms with Crippen LogP contribution in [0.25, 0.3) is 0 Å². The van der Waals surface area contributed by atoms with E-state index in [4.69, 9.17) is 4.74 Å². The van der Waals surface area contributed by atoms with Crippen molar-refractivity contribution >= 4 is 40.9 Å². The van der Waals surface area contributed by atoms with Crippen molar-refractivity contribution in [3.8, 4) is 0 Å². The molecular formula is C25H31N3O4S. The largest absolute Gasteiger partial charge is 0.455 e. The number of ether oxygens (including phenoxy) is 1. The number of esters is 1. The van der Waals surface area contributed by atoms with Crippen molar-refractivity contribution in [2.75, 3.05) is 42.6 Å². The summed E-state index contributed by atoms with van der Waals surface area (Å²) >= 11 is 1.49. The normalized spacial score (nSPS) is 16.2. The highest BCUT2D eigenvalue weighted by molar-refractivity contribution is 8.00. The Morgan fingerprint density at radius 2 is 1.48 bits per heavy atom. The molecule has 7 nitrogen and oxygen atoms in total. The molecule has 0 aliphatic carbocycles. The van der Waals surface area contributed by atoms with Crippen molar-refractivity contribution < 1.29 is 19.1 Å². The molecule has 176 valence electrons. The van der Waals surface area contributed by atoms with Crippen molar-refractivity contribution in [2.24, 2.45) is 0 Å². The number of hydrogen-bond acceptors (Lipinski definition) is 6. The first-order chi connectivity index (χ1) is 15.7. The van der Waals surface area contributed by atoms with E-state index in [1.54, 1.807) is 0 Å². The van der Waals surface area contributed by atoms with E-state index in [2.05, 4.69) is 10.6 Å². The molecule has 2 amide bonds. The fourth-order valence-electron chi connectivity index (χ4n) is 3.46. The summed E-state index contributed by atoms with van der Waals surface area (Å²) in [5.41, 5.74) is 5.94. The lowest BCUT2D eigenvalue weighted by Crippen LogP contribution is -2.45. The van der Waals surface area contributed by atoms with E-state index in [1.807, 2.05) is 69.0 Å². The molecule has 8 heteroatoms. The molecule has 0 spiro atoms. The van der Waals surface area contributed by atoms with E-state index in [0.29, 0.717) is 24.5 Å². The molecule has 33 heavy (non-hydrogen) atoms. The van der Waals surface area contributed by atoms with Crippen LogP contribution in [0.5, 0.6) is 0 Å². The van der Waals surface area contributed by atoms with Crippen molar-refractivity contribution in [1.82, 2.24) is 4.90 Å². The average Bonchev–Trinajstić information content (AvgIpc) is 2.77. The van der Waals surface area contributed by atoms with Crippen LogP contribution >= 0.6 is 11.8 Å². The zero-order valence-electron chi connectivity index (χ0n) is 19.6. The van der Waals surface area contributed by atoms with Crippen LogP contribution in [0.15, 0.2) is 36.4 Å². The molecule has 1 unspecified atom stereocenters. The fourth-order valence-corrected chi connectivity index (χ4v) is 4.63. The predicted molar refractivity (Wildman–Crippen MR) is 133 cm³/mol. The van der Waals surface area contributed by atoms with Gasteiger partial charge >= 0.3 is 5.97 Å². The van der Waals surface area contributed by atoms with Gasteiger partial charge in [0.25, 0.3) is 5.91 Å². The van der Waals surface area contributed by atoms with E-state index in [1.165, 1.54) is 17.3 Å². The second-order valence-corrected chi connectivity index (χ2v) is 9.71. The molecule has 1 atom stereocenters. The molecule has 1 heterocycles. The Hall–Kier alpha value is -2.84. The predicted octanol–water partition coefficient (Wildman–Crippen LogP) is 3.46. The highest BCUT2D eigenvalue weighted by Gasteiger charge is 2.29. The Balaban J connectivity index is 1.44. The number of hydrogen-bond donors (Lipinski definition) is 2. The van der Waals surface area contributed by atoms with Gasteiger partial charge in [0.15, 0.2) is 6.61 Å². The lowest BCUT2D eigenvalue weighted by Gasteiger charge is -2.30. The summed E-state index contributed by atoms with van der Waals surface area (Å²) in [6.45, 7) is 8.98. The molecular weight excluding hydrogens is 438 g/mol. The van der Waals surface area contributed by atoms with Crippen LogP contribution in [0.4, 0.5) is 11.4 Å². The molecule has 0 radical (unpaired) electrons. The standard InChI is InChI=1S/C25H31N3O4S/c1-16-5-7-20(11-18(16)3)26-23(29)14-28-9-10-33-22(13-28)25(31)32-15-24(30)27-21-8-6-17(2)19(4)12-21/h5-8,11-12,22H,9-10,13-15H2,1-4H3,(H,26,29)(H,27,30). The van der Waals surface area contributed by atoms with Gasteiger partial charge in [-0.2, -0.15) is 0 Å². The third-order valence-electron chi connectivity index (χ3n) is 5.71. The summed E-state index contributed by atoms with van der Waals surface area (Å²) in [4.78, 5) is 39.1. The lowest BCUT2D eigenvalue weighted by molar-refractivity contribution is -0.147. The van der Waals surface area contributed by atoms with Crippen LogP contribution in [-0.2, 0) is 19.1 Å². The molecule has 1 aliphatic heterocycles. The van der Waals surface area contributed by atoms with Crippen molar-refractivity contribution in [2.45, 2.75) is 32.9 Å². The molecule has 0 bridgehead atoms. The number of thioether (sulfide) groups is 1. The smallest absolute Gasteiger partial charge is 0.320 e. The minimum Gasteiger partial charge on any atom is -0.455 e. The first-order valence-electron chi connectivity index (χ1n) is 11.0. The van der Waals surface area contributed by atoms with E-state index < -0.39 is 11.2 Å². The Bertz CT molecular complexity index is 1040. The third kappa shape index (κ3) is 7.33. The summed E-state index contributed by atoms with van der Waals surface area (Å²) in [5.74, 6) is -0.220. The Morgan fingerprint density at radius 3 is 2.06 bits per heavy atom. The minimum atomic E-state index is -0.436. The molecule has 1 aliphatic rings. The minimum absolute atomic E-state index is 0.120. The number of rotatable bonds is 7. The maximum Gasteiger partial charge on any atom is 0.320 e. The quantitative estimate of drug-likeness (QED) is 0.604. The average molecular weight is 470 g/mol. The number of carbonyl (C=O) groups is 3. The number of benzene rings is 2. The zero-order valence-corrected chi connectivity index (χ0v) is 20.4. The molecule has 0 saturated carbocycles. The highest BCUT2D eigenvalue weighted by Crippen LogP contribution is 2.20. The van der Waals surface area contributed by atoms with Gasteiger partial charge < -0.3 is 15.4 Å². The molecule has 2 aromatic carbocycles. The van der Waals surface area contributed by atoms with Crippen LogP contribution in [0, 0.1) is 27.7 Å². The topological polar surface area (TPSA) is 87.7 Å². The second-order valence-electron chi connectivity index (χ2n) is 8.40. The Morgan fingerprint density at radius 1 is 0.909 bits per heavy atom. The maximum atomic E-state index is 12.5. The molecule has 2 aromatic rings. The number of amides is 2. The Kier molecular flexibility index (Phi) is 8.52. The van der Waals surface area contributed by atoms with Gasteiger partial charge in [0.05, 0.1) is 6.54 Å². The van der Waals surface area contributed by atoms with Crippen LogP contribution in [-0.4, -0.2) is 59.9 Å². The van der Waals surface area contributed by atoms with Crippen molar-refractivity contribution in [3.05, 3.63) is 58.7 Å². The first kappa shape index (κ1) is 24.8. The number of carbonyl (C=O) groups excluding carboxylic acids is 3. The lowest BCUT2D eigenvalue weighted by atomic mass is 10.1. The number of nitrogens with one attached hydrogen (secondary N) is 2. The molecule has 2 N–H and O–H groups in total. The van der Waals surface area contributed by atoms with Crippen LogP contribution in [0.3, 0.4) is 0 Å². The van der Waals surface area contributed by atoms with Gasteiger partial charge in [-0.15, -0.1) is 11.8 Å². The van der Waals surface area contributed by atoms with E-state index in [-0.39, 0.29) is 25.0 Å². The first-order valence-corrected chi connectivity index (χ1v) is 12.0. The summed E-state index contributed by atoms with van der Waals surface area (Å²) < 4.78 is 5.24. The third-order valence-corrected chi connectivity index (χ3v) is 6.87. The van der Waals surface area contributed by atoms with Crippen LogP contribution in [0.1, 0.15) is 22.3 Å². The van der Waals surface area contributed by atoms with Gasteiger partial charge in [-0.25, -0.2) is 0 Å². The van der Waals surface area contributed by atoms with E-state index >= 15 is 0 Å². The number of anilines is 2. The second kappa shape index (κ2) is 11.3. The molecule has 1 saturated heterocycles. The fraction of sp³-hybridized carbons (Fsp3) is 0.400. The van der Waals surface area contributed by atoms with Gasteiger partial charge in [-0.05, 0) is 74.2 Å². The monoisotopic (exact) mass is 469 g/mol. The van der Waals surface area contributed by atoms with Gasteiger partial charge in [0.1, 0.15) is 5.25 Å². The van der Waals surface area contributed by atoms with Crippen LogP contribution < -0.4 is 10.6 Å². The SMILES string of the molecule is Cc1ccc(NC(=O)COC(=O)C2CN(CC(=O)Nc3ccc(C)c(C)c3)CCS2)cc1C. The van der Waals surface area contributed by atoms with Crippen molar-refractivity contribution in [1.29, 1.82) is 0 Å². The van der Waals surface area contributed by atoms with Gasteiger partial charge in [-0.3, -0.25) is 19.3 Å². The van der Waals surface area contributed by atoms with E-state index in [9.17, 15) is 14.4 Å². The maximum absolute atomic E-state index is 12.5. The van der Waals surface area contributed by atoms with Crippen LogP contribution in [0.2, 0.25) is 0 Å². The number of nitrogens with zero attached hydrogens (tertiary/aromatic N) is 1. The molecule has 3 rings (SSSR count). The Labute approximate surface area is 199 Å². The van der Waals surface area contributed by atoms with Gasteiger partial charge in [-0.1, -0.05) is 12.1 Å². The summed E-state index contributed by atoms with van der Waals surface area (Å²) in [6.07, 6.45) is 0. The van der Waals surface area contributed by atoms with Gasteiger partial charge in [0, 0.05) is 30.2 Å². The molecule has 1 fully saturated rings. The summed E-state index contributed by atoms with van der Waals surface area (Å²) in [5, 5.41) is 5.23. The highest BCUT2D eigenvalue weighted by atomic mass is 32.2. The van der Waals surface area contributed by atoms with E-state index in [0.717, 1.165) is 22.4 Å². The van der Waals surface area contributed by atoms with Gasteiger partial charge in [0.2, 0.25) is 5.91 Å². The zero-order chi connectivity index (χ0) is 24.0. The number of aryl methyl sites for hydroxylation is 4. The van der Waals surface area contributed by atoms with Crippen molar-refractivity contribution in [3.63, 3.8) is 0 Å².